The van der Waals surface area contributed by atoms with Crippen LogP contribution in [0.5, 0.6) is 0 Å². The molecule has 5 nitrogen and oxygen atoms in total. The van der Waals surface area contributed by atoms with E-state index in [0.29, 0.717) is 30.2 Å². The van der Waals surface area contributed by atoms with E-state index >= 15 is 0 Å². The first-order valence-corrected chi connectivity index (χ1v) is 9.31. The molecule has 1 unspecified atom stereocenters. The fourth-order valence-electron chi connectivity index (χ4n) is 2.64. The minimum absolute atomic E-state index is 0.309. The van der Waals surface area contributed by atoms with Crippen LogP contribution in [-0.4, -0.2) is 53.1 Å². The largest absolute Gasteiger partial charge is 0.377 e. The van der Waals surface area contributed by atoms with Gasteiger partial charge in [-0.05, 0) is 37.1 Å². The van der Waals surface area contributed by atoms with Crippen LogP contribution < -0.4 is 10.2 Å². The molecule has 0 amide bonds. The Hall–Kier alpha value is -1.11. The number of hydrogen-bond acceptors (Lipinski definition) is 5. The van der Waals surface area contributed by atoms with Crippen molar-refractivity contribution in [3.8, 4) is 0 Å². The minimum atomic E-state index is -3.13. The van der Waals surface area contributed by atoms with Crippen molar-refractivity contribution in [3.63, 3.8) is 0 Å². The first-order valence-electron chi connectivity index (χ1n) is 7.42. The zero-order chi connectivity index (χ0) is 14.9. The maximum Gasteiger partial charge on any atom is 0.175 e. The number of anilines is 1. The summed E-state index contributed by atoms with van der Waals surface area (Å²) in [6, 6.07) is 8.15. The van der Waals surface area contributed by atoms with Gasteiger partial charge in [0.05, 0.1) is 24.2 Å². The summed E-state index contributed by atoms with van der Waals surface area (Å²) in [6.07, 6.45) is 3.78. The van der Waals surface area contributed by atoms with Gasteiger partial charge in [-0.15, -0.1) is 0 Å². The average Bonchev–Trinajstić information content (AvgIpc) is 3.29. The molecule has 1 N–H and O–H groups in total. The molecule has 1 atom stereocenters. The number of rotatable bonds is 5. The molecule has 1 aromatic rings. The van der Waals surface area contributed by atoms with Crippen LogP contribution in [0.3, 0.4) is 0 Å². The Morgan fingerprint density at radius 2 is 2.00 bits per heavy atom. The molecule has 1 aromatic carbocycles. The van der Waals surface area contributed by atoms with Gasteiger partial charge in [-0.25, -0.2) is 8.42 Å². The summed E-state index contributed by atoms with van der Waals surface area (Å²) in [5.41, 5.74) is 1.06. The van der Waals surface area contributed by atoms with Crippen LogP contribution in [0.2, 0.25) is 0 Å². The molecule has 0 aromatic heterocycles. The van der Waals surface area contributed by atoms with E-state index in [1.165, 1.54) is 19.1 Å². The fraction of sp³-hybridized carbons (Fsp3) is 0.600. The maximum atomic E-state index is 11.5. The second-order valence-corrected chi connectivity index (χ2v) is 7.89. The molecular formula is C15H22N2O3S. The lowest BCUT2D eigenvalue weighted by Gasteiger charge is -2.37. The maximum absolute atomic E-state index is 11.5. The third-order valence-electron chi connectivity index (χ3n) is 4.04. The summed E-state index contributed by atoms with van der Waals surface area (Å²) in [6.45, 7) is 3.19. The SMILES string of the molecule is CS(=O)(=O)c1ccc(N2CCOCC2CNC2CC2)cc1. The van der Waals surface area contributed by atoms with E-state index in [2.05, 4.69) is 10.2 Å². The Kier molecular flexibility index (Phi) is 4.19. The van der Waals surface area contributed by atoms with Crippen LogP contribution in [0.25, 0.3) is 0 Å². The normalized spacial score (nSPS) is 23.3. The van der Waals surface area contributed by atoms with Gasteiger partial charge in [0.15, 0.2) is 9.84 Å². The molecule has 6 heteroatoms. The Morgan fingerprint density at radius 1 is 1.29 bits per heavy atom. The number of morpholine rings is 1. The number of hydrogen-bond donors (Lipinski definition) is 1. The second-order valence-electron chi connectivity index (χ2n) is 5.87. The summed E-state index contributed by atoms with van der Waals surface area (Å²) >= 11 is 0. The molecular weight excluding hydrogens is 288 g/mol. The van der Waals surface area contributed by atoms with E-state index < -0.39 is 9.84 Å². The summed E-state index contributed by atoms with van der Waals surface area (Å²) < 4.78 is 28.6. The topological polar surface area (TPSA) is 58.6 Å². The molecule has 1 aliphatic heterocycles. The lowest BCUT2D eigenvalue weighted by Crippen LogP contribution is -2.51. The third kappa shape index (κ3) is 3.75. The van der Waals surface area contributed by atoms with Crippen molar-refractivity contribution in [3.05, 3.63) is 24.3 Å². The zero-order valence-electron chi connectivity index (χ0n) is 12.3. The van der Waals surface area contributed by atoms with Gasteiger partial charge >= 0.3 is 0 Å². The van der Waals surface area contributed by atoms with Crippen molar-refractivity contribution in [1.82, 2.24) is 5.32 Å². The van der Waals surface area contributed by atoms with E-state index in [1.807, 2.05) is 12.1 Å². The number of benzene rings is 1. The van der Waals surface area contributed by atoms with Crippen LogP contribution >= 0.6 is 0 Å². The third-order valence-corrected chi connectivity index (χ3v) is 5.17. The van der Waals surface area contributed by atoms with Crippen LogP contribution in [-0.2, 0) is 14.6 Å². The number of ether oxygens (including phenoxy) is 1. The highest BCUT2D eigenvalue weighted by Crippen LogP contribution is 2.23. The lowest BCUT2D eigenvalue weighted by atomic mass is 10.2. The van der Waals surface area contributed by atoms with Gasteiger partial charge < -0.3 is 15.0 Å². The summed E-state index contributed by atoms with van der Waals surface area (Å²) in [4.78, 5) is 2.68. The monoisotopic (exact) mass is 310 g/mol. The van der Waals surface area contributed by atoms with Gasteiger partial charge in [-0.2, -0.15) is 0 Å². The Morgan fingerprint density at radius 3 is 2.62 bits per heavy atom. The molecule has 0 spiro atoms. The van der Waals surface area contributed by atoms with Gasteiger partial charge in [0.25, 0.3) is 0 Å². The van der Waals surface area contributed by atoms with Crippen LogP contribution in [0, 0.1) is 0 Å². The molecule has 1 aliphatic carbocycles. The molecule has 2 aliphatic rings. The van der Waals surface area contributed by atoms with Crippen molar-refractivity contribution in [1.29, 1.82) is 0 Å². The molecule has 116 valence electrons. The highest BCUT2D eigenvalue weighted by molar-refractivity contribution is 7.90. The predicted octanol–water partition coefficient (Wildman–Crippen LogP) is 1.05. The van der Waals surface area contributed by atoms with Crippen molar-refractivity contribution >= 4 is 15.5 Å². The van der Waals surface area contributed by atoms with Crippen LogP contribution in [0.15, 0.2) is 29.2 Å². The first kappa shape index (κ1) is 14.8. The number of sulfone groups is 1. The molecule has 3 rings (SSSR count). The van der Waals surface area contributed by atoms with E-state index in [9.17, 15) is 8.42 Å². The molecule has 0 bridgehead atoms. The highest BCUT2D eigenvalue weighted by Gasteiger charge is 2.27. The van der Waals surface area contributed by atoms with E-state index in [4.69, 9.17) is 4.74 Å². The number of nitrogens with one attached hydrogen (secondary N) is 1. The summed E-state index contributed by atoms with van der Waals surface area (Å²) in [5.74, 6) is 0. The quantitative estimate of drug-likeness (QED) is 0.881. The Bertz CT molecular complexity index is 581. The second kappa shape index (κ2) is 5.94. The molecule has 2 fully saturated rings. The van der Waals surface area contributed by atoms with Gasteiger partial charge in [0, 0.05) is 31.1 Å². The predicted molar refractivity (Wildman–Crippen MR) is 82.5 cm³/mol. The summed E-state index contributed by atoms with van der Waals surface area (Å²) in [5, 5.41) is 3.54. The van der Waals surface area contributed by atoms with Gasteiger partial charge in [0.2, 0.25) is 0 Å². The fourth-order valence-corrected chi connectivity index (χ4v) is 3.27. The van der Waals surface area contributed by atoms with Gasteiger partial charge in [0.1, 0.15) is 0 Å². The van der Waals surface area contributed by atoms with Crippen molar-refractivity contribution in [2.45, 2.75) is 29.8 Å². The van der Waals surface area contributed by atoms with Crippen molar-refractivity contribution in [2.75, 3.05) is 37.5 Å². The zero-order valence-corrected chi connectivity index (χ0v) is 13.1. The first-order chi connectivity index (χ1) is 10.0. The van der Waals surface area contributed by atoms with Gasteiger partial charge in [-0.1, -0.05) is 0 Å². The molecule has 1 saturated carbocycles. The molecule has 0 radical (unpaired) electrons. The Labute approximate surface area is 126 Å². The lowest BCUT2D eigenvalue weighted by molar-refractivity contribution is 0.0936. The highest BCUT2D eigenvalue weighted by atomic mass is 32.2. The van der Waals surface area contributed by atoms with Crippen molar-refractivity contribution < 1.29 is 13.2 Å². The van der Waals surface area contributed by atoms with E-state index in [-0.39, 0.29) is 0 Å². The van der Waals surface area contributed by atoms with Crippen LogP contribution in [0.4, 0.5) is 5.69 Å². The van der Waals surface area contributed by atoms with E-state index in [1.54, 1.807) is 12.1 Å². The number of nitrogens with zero attached hydrogens (tertiary/aromatic N) is 1. The molecule has 21 heavy (non-hydrogen) atoms. The molecule has 1 heterocycles. The molecule has 1 saturated heterocycles. The standard InChI is InChI=1S/C15H22N2O3S/c1-21(18,19)15-6-4-13(5-7-15)17-8-9-20-11-14(17)10-16-12-2-3-12/h4-7,12,14,16H,2-3,8-11H2,1H3. The van der Waals surface area contributed by atoms with Crippen LogP contribution in [0.1, 0.15) is 12.8 Å². The smallest absolute Gasteiger partial charge is 0.175 e. The summed E-state index contributed by atoms with van der Waals surface area (Å²) in [7, 11) is -3.13. The Balaban J connectivity index is 1.72. The van der Waals surface area contributed by atoms with Crippen molar-refractivity contribution in [2.24, 2.45) is 0 Å². The minimum Gasteiger partial charge on any atom is -0.377 e. The average molecular weight is 310 g/mol. The van der Waals surface area contributed by atoms with Gasteiger partial charge in [-0.3, -0.25) is 0 Å². The van der Waals surface area contributed by atoms with E-state index in [0.717, 1.165) is 18.8 Å².